The summed E-state index contributed by atoms with van der Waals surface area (Å²) in [5.74, 6) is 1.34. The van der Waals surface area contributed by atoms with Gasteiger partial charge in [-0.05, 0) is 93.6 Å². The summed E-state index contributed by atoms with van der Waals surface area (Å²) in [5.41, 5.74) is 5.26. The van der Waals surface area contributed by atoms with Crippen molar-refractivity contribution in [3.05, 3.63) is 58.2 Å². The molecule has 164 valence electrons. The van der Waals surface area contributed by atoms with Crippen LogP contribution in [0.15, 0.2) is 36.5 Å². The van der Waals surface area contributed by atoms with Crippen molar-refractivity contribution in [3.63, 3.8) is 0 Å². The summed E-state index contributed by atoms with van der Waals surface area (Å²) in [5, 5.41) is 4.87. The zero-order chi connectivity index (χ0) is 22.1. The summed E-state index contributed by atoms with van der Waals surface area (Å²) in [6, 6.07) is 9.87. The summed E-state index contributed by atoms with van der Waals surface area (Å²) < 4.78 is 5.40. The first-order valence-corrected chi connectivity index (χ1v) is 11.2. The predicted octanol–water partition coefficient (Wildman–Crippen LogP) is 5.65. The van der Waals surface area contributed by atoms with E-state index in [-0.39, 0.29) is 11.9 Å². The number of fused-ring (bicyclic) bond motifs is 1. The molecule has 2 aromatic carbocycles. The van der Waals surface area contributed by atoms with Gasteiger partial charge in [0.1, 0.15) is 5.75 Å². The van der Waals surface area contributed by atoms with E-state index in [1.807, 2.05) is 39.0 Å². The van der Waals surface area contributed by atoms with Crippen molar-refractivity contribution < 1.29 is 9.53 Å². The highest BCUT2D eigenvalue weighted by atomic mass is 35.5. The number of halogens is 1. The second-order valence-electron chi connectivity index (χ2n) is 8.57. The van der Waals surface area contributed by atoms with Gasteiger partial charge in [-0.1, -0.05) is 17.7 Å². The van der Waals surface area contributed by atoms with Gasteiger partial charge in [0.2, 0.25) is 5.91 Å². The minimum Gasteiger partial charge on any atom is -0.497 e. The number of nitrogens with zero attached hydrogens (tertiary/aromatic N) is 1. The van der Waals surface area contributed by atoms with Crippen LogP contribution < -0.4 is 10.1 Å². The number of hydrogen-bond acceptors (Lipinski definition) is 3. The number of aryl methyl sites for hydroxylation is 2. The second-order valence-corrected chi connectivity index (χ2v) is 8.98. The van der Waals surface area contributed by atoms with Gasteiger partial charge in [0.25, 0.3) is 0 Å². The third kappa shape index (κ3) is 4.43. The number of methoxy groups -OCH3 is 1. The lowest BCUT2D eigenvalue weighted by Crippen LogP contribution is -2.45. The standard InChI is InChI=1S/C25H30ClN3O2/c1-15-11-16(2)24(22(26)12-15)28-25(30)17(3)29-9-7-18(8-10-29)21-14-27-23-6-5-19(31-4)13-20(21)23/h5-6,11-14,17-18,27H,7-10H2,1-4H3,(H,28,30). The van der Waals surface area contributed by atoms with Crippen molar-refractivity contribution in [2.45, 2.75) is 45.6 Å². The number of piperidine rings is 1. The maximum Gasteiger partial charge on any atom is 0.241 e. The third-order valence-corrected chi connectivity index (χ3v) is 6.80. The maximum absolute atomic E-state index is 12.9. The molecule has 1 amide bonds. The lowest BCUT2D eigenvalue weighted by Gasteiger charge is -2.35. The van der Waals surface area contributed by atoms with E-state index in [0.29, 0.717) is 16.6 Å². The largest absolute Gasteiger partial charge is 0.497 e. The molecule has 1 aliphatic rings. The molecule has 0 aliphatic carbocycles. The van der Waals surface area contributed by atoms with E-state index in [1.54, 1.807) is 7.11 Å². The normalized spacial score (nSPS) is 16.4. The topological polar surface area (TPSA) is 57.4 Å². The number of aromatic amines is 1. The third-order valence-electron chi connectivity index (χ3n) is 6.50. The van der Waals surface area contributed by atoms with Crippen molar-refractivity contribution in [3.8, 4) is 5.75 Å². The summed E-state index contributed by atoms with van der Waals surface area (Å²) >= 11 is 6.37. The number of amides is 1. The Morgan fingerprint density at radius 1 is 1.23 bits per heavy atom. The van der Waals surface area contributed by atoms with Crippen LogP contribution in [0.3, 0.4) is 0 Å². The van der Waals surface area contributed by atoms with Gasteiger partial charge in [-0.15, -0.1) is 0 Å². The molecule has 1 saturated heterocycles. The molecule has 0 radical (unpaired) electrons. The zero-order valence-electron chi connectivity index (χ0n) is 18.6. The Morgan fingerprint density at radius 2 is 1.97 bits per heavy atom. The lowest BCUT2D eigenvalue weighted by molar-refractivity contribution is -0.121. The molecule has 1 unspecified atom stereocenters. The second kappa shape index (κ2) is 8.93. The van der Waals surface area contributed by atoms with E-state index in [1.165, 1.54) is 10.9 Å². The number of hydrogen-bond donors (Lipinski definition) is 2. The first kappa shape index (κ1) is 21.7. The monoisotopic (exact) mass is 439 g/mol. The van der Waals surface area contributed by atoms with Gasteiger partial charge in [0.05, 0.1) is 23.9 Å². The van der Waals surface area contributed by atoms with Crippen LogP contribution in [0.1, 0.15) is 42.4 Å². The van der Waals surface area contributed by atoms with Crippen LogP contribution in [0.5, 0.6) is 5.75 Å². The van der Waals surface area contributed by atoms with Crippen LogP contribution in [-0.4, -0.2) is 42.0 Å². The van der Waals surface area contributed by atoms with E-state index in [9.17, 15) is 4.79 Å². The molecular formula is C25H30ClN3O2. The van der Waals surface area contributed by atoms with Gasteiger partial charge >= 0.3 is 0 Å². The quantitative estimate of drug-likeness (QED) is 0.539. The van der Waals surface area contributed by atoms with Gasteiger partial charge in [0.15, 0.2) is 0 Å². The molecule has 2 N–H and O–H groups in total. The summed E-state index contributed by atoms with van der Waals surface area (Å²) in [4.78, 5) is 18.6. The fraction of sp³-hybridized carbons (Fsp3) is 0.400. The minimum atomic E-state index is -0.208. The summed E-state index contributed by atoms with van der Waals surface area (Å²) in [7, 11) is 1.70. The molecule has 1 fully saturated rings. The Morgan fingerprint density at radius 3 is 2.65 bits per heavy atom. The van der Waals surface area contributed by atoms with Gasteiger partial charge in [-0.2, -0.15) is 0 Å². The number of anilines is 1. The molecule has 1 atom stereocenters. The zero-order valence-corrected chi connectivity index (χ0v) is 19.3. The first-order valence-electron chi connectivity index (χ1n) is 10.8. The maximum atomic E-state index is 12.9. The Bertz CT molecular complexity index is 1080. The van der Waals surface area contributed by atoms with Crippen LogP contribution >= 0.6 is 11.6 Å². The Labute approximate surface area is 188 Å². The summed E-state index contributed by atoms with van der Waals surface area (Å²) in [6.45, 7) is 7.72. The van der Waals surface area contributed by atoms with Crippen LogP contribution in [-0.2, 0) is 4.79 Å². The Kier molecular flexibility index (Phi) is 6.26. The number of H-pyrrole nitrogens is 1. The van der Waals surface area contributed by atoms with E-state index in [2.05, 4.69) is 33.5 Å². The van der Waals surface area contributed by atoms with Crippen molar-refractivity contribution in [2.24, 2.45) is 0 Å². The predicted molar refractivity (Wildman–Crippen MR) is 127 cm³/mol. The van der Waals surface area contributed by atoms with E-state index < -0.39 is 0 Å². The SMILES string of the molecule is COc1ccc2[nH]cc(C3CCN(C(C)C(=O)Nc4c(C)cc(C)cc4Cl)CC3)c2c1. The van der Waals surface area contributed by atoms with E-state index in [0.717, 1.165) is 48.3 Å². The number of benzene rings is 2. The van der Waals surface area contributed by atoms with Crippen molar-refractivity contribution in [1.82, 2.24) is 9.88 Å². The number of ether oxygens (including phenoxy) is 1. The van der Waals surface area contributed by atoms with E-state index >= 15 is 0 Å². The van der Waals surface area contributed by atoms with Crippen LogP contribution in [0.25, 0.3) is 10.9 Å². The molecule has 0 bridgehead atoms. The average Bonchev–Trinajstić information content (AvgIpc) is 3.18. The van der Waals surface area contributed by atoms with Crippen LogP contribution in [0.4, 0.5) is 5.69 Å². The Hall–Kier alpha value is -2.50. The van der Waals surface area contributed by atoms with Crippen molar-refractivity contribution in [2.75, 3.05) is 25.5 Å². The average molecular weight is 440 g/mol. The number of nitrogens with one attached hydrogen (secondary N) is 2. The molecule has 1 aliphatic heterocycles. The highest BCUT2D eigenvalue weighted by Gasteiger charge is 2.29. The molecule has 6 heteroatoms. The molecule has 0 spiro atoms. The number of carbonyl (C=O) groups excluding carboxylic acids is 1. The van der Waals surface area contributed by atoms with Gasteiger partial charge < -0.3 is 15.0 Å². The molecule has 1 aromatic heterocycles. The van der Waals surface area contributed by atoms with E-state index in [4.69, 9.17) is 16.3 Å². The van der Waals surface area contributed by atoms with Crippen LogP contribution in [0.2, 0.25) is 5.02 Å². The van der Waals surface area contributed by atoms with Gasteiger partial charge in [-0.3, -0.25) is 9.69 Å². The molecule has 31 heavy (non-hydrogen) atoms. The smallest absolute Gasteiger partial charge is 0.241 e. The first-order chi connectivity index (χ1) is 14.9. The van der Waals surface area contributed by atoms with Gasteiger partial charge in [0, 0.05) is 17.1 Å². The minimum absolute atomic E-state index is 0.0101. The molecule has 2 heterocycles. The highest BCUT2D eigenvalue weighted by Crippen LogP contribution is 2.35. The highest BCUT2D eigenvalue weighted by molar-refractivity contribution is 6.34. The fourth-order valence-electron chi connectivity index (χ4n) is 4.65. The number of rotatable bonds is 5. The molecule has 4 rings (SSSR count). The van der Waals surface area contributed by atoms with Crippen LogP contribution in [0, 0.1) is 13.8 Å². The Balaban J connectivity index is 1.41. The summed E-state index contributed by atoms with van der Waals surface area (Å²) in [6.07, 6.45) is 4.17. The van der Waals surface area contributed by atoms with Crippen molar-refractivity contribution in [1.29, 1.82) is 0 Å². The number of carbonyl (C=O) groups is 1. The molecule has 0 saturated carbocycles. The van der Waals surface area contributed by atoms with Crippen molar-refractivity contribution >= 4 is 34.1 Å². The number of aromatic nitrogens is 1. The molecule has 3 aromatic rings. The molecule has 5 nitrogen and oxygen atoms in total. The lowest BCUT2D eigenvalue weighted by atomic mass is 9.88. The number of likely N-dealkylation sites (tertiary alicyclic amines) is 1. The van der Waals surface area contributed by atoms with Gasteiger partial charge in [-0.25, -0.2) is 0 Å². The fourth-order valence-corrected chi connectivity index (χ4v) is 5.02. The molecular weight excluding hydrogens is 410 g/mol.